The molecule has 1 aliphatic rings. The van der Waals surface area contributed by atoms with Crippen molar-refractivity contribution in [2.75, 3.05) is 19.7 Å². The van der Waals surface area contributed by atoms with E-state index in [2.05, 4.69) is 0 Å². The molecule has 0 aromatic heterocycles. The van der Waals surface area contributed by atoms with Crippen LogP contribution in [0.1, 0.15) is 19.8 Å². The van der Waals surface area contributed by atoms with Crippen LogP contribution in [0.15, 0.2) is 0 Å². The highest BCUT2D eigenvalue weighted by molar-refractivity contribution is 4.84. The molecule has 0 aromatic carbocycles. The molecule has 0 amide bonds. The lowest BCUT2D eigenvalue weighted by Crippen LogP contribution is -2.52. The van der Waals surface area contributed by atoms with Gasteiger partial charge in [-0.05, 0) is 32.9 Å². The SMILES string of the molecule is CC(N)C(CO)N1CCC(C(F)(F)F)CC1. The maximum absolute atomic E-state index is 12.4. The van der Waals surface area contributed by atoms with Crippen molar-refractivity contribution in [1.29, 1.82) is 0 Å². The zero-order valence-electron chi connectivity index (χ0n) is 9.37. The summed E-state index contributed by atoms with van der Waals surface area (Å²) in [5.74, 6) is -1.20. The summed E-state index contributed by atoms with van der Waals surface area (Å²) in [5, 5.41) is 9.13. The molecule has 3 N–H and O–H groups in total. The molecular weight excluding hydrogens is 221 g/mol. The first kappa shape index (κ1) is 13.7. The van der Waals surface area contributed by atoms with E-state index in [0.29, 0.717) is 13.1 Å². The summed E-state index contributed by atoms with van der Waals surface area (Å²) in [6.07, 6.45) is -3.88. The lowest BCUT2D eigenvalue weighted by atomic mass is 9.94. The average molecular weight is 240 g/mol. The van der Waals surface area contributed by atoms with Crippen molar-refractivity contribution >= 4 is 0 Å². The molecule has 2 unspecified atom stereocenters. The van der Waals surface area contributed by atoms with Gasteiger partial charge in [0.1, 0.15) is 0 Å². The lowest BCUT2D eigenvalue weighted by Gasteiger charge is -2.38. The van der Waals surface area contributed by atoms with Crippen LogP contribution in [0.2, 0.25) is 0 Å². The first-order valence-corrected chi connectivity index (χ1v) is 5.53. The Bertz CT molecular complexity index is 213. The number of nitrogens with two attached hydrogens (primary N) is 1. The van der Waals surface area contributed by atoms with E-state index in [-0.39, 0.29) is 31.5 Å². The minimum Gasteiger partial charge on any atom is -0.395 e. The first-order chi connectivity index (χ1) is 7.36. The molecule has 0 aliphatic carbocycles. The van der Waals surface area contributed by atoms with Gasteiger partial charge in [0.05, 0.1) is 12.5 Å². The number of rotatable bonds is 3. The fourth-order valence-corrected chi connectivity index (χ4v) is 2.17. The molecule has 96 valence electrons. The Labute approximate surface area is 93.4 Å². The molecule has 1 fully saturated rings. The number of piperidine rings is 1. The van der Waals surface area contributed by atoms with E-state index < -0.39 is 12.1 Å². The molecule has 1 heterocycles. The van der Waals surface area contributed by atoms with Crippen LogP contribution < -0.4 is 5.73 Å². The fourth-order valence-electron chi connectivity index (χ4n) is 2.17. The van der Waals surface area contributed by atoms with Gasteiger partial charge in [-0.25, -0.2) is 0 Å². The predicted octanol–water partition coefficient (Wildman–Crippen LogP) is 0.969. The number of aliphatic hydroxyl groups is 1. The summed E-state index contributed by atoms with van der Waals surface area (Å²) in [6, 6.07) is -0.457. The van der Waals surface area contributed by atoms with Gasteiger partial charge in [0.15, 0.2) is 0 Å². The van der Waals surface area contributed by atoms with Crippen LogP contribution in [0, 0.1) is 5.92 Å². The largest absolute Gasteiger partial charge is 0.395 e. The third kappa shape index (κ3) is 3.33. The van der Waals surface area contributed by atoms with Crippen molar-refractivity contribution in [3.05, 3.63) is 0 Å². The molecule has 0 radical (unpaired) electrons. The molecule has 1 aliphatic heterocycles. The third-order valence-corrected chi connectivity index (χ3v) is 3.26. The van der Waals surface area contributed by atoms with Crippen LogP contribution in [-0.4, -0.2) is 48.0 Å². The molecule has 2 atom stereocenters. The van der Waals surface area contributed by atoms with E-state index in [4.69, 9.17) is 10.8 Å². The molecule has 0 spiro atoms. The van der Waals surface area contributed by atoms with Crippen molar-refractivity contribution < 1.29 is 18.3 Å². The number of halogens is 3. The Kier molecular flexibility index (Phi) is 4.58. The van der Waals surface area contributed by atoms with Crippen molar-refractivity contribution in [1.82, 2.24) is 4.90 Å². The Morgan fingerprint density at radius 2 is 1.88 bits per heavy atom. The predicted molar refractivity (Wildman–Crippen MR) is 54.9 cm³/mol. The van der Waals surface area contributed by atoms with Crippen LogP contribution in [-0.2, 0) is 0 Å². The lowest BCUT2D eigenvalue weighted by molar-refractivity contribution is -0.186. The van der Waals surface area contributed by atoms with Crippen molar-refractivity contribution in [3.63, 3.8) is 0 Å². The molecular formula is C10H19F3N2O. The Hall–Kier alpha value is -0.330. The normalized spacial score (nSPS) is 24.4. The second kappa shape index (κ2) is 5.33. The molecule has 0 bridgehead atoms. The van der Waals surface area contributed by atoms with Gasteiger partial charge in [-0.2, -0.15) is 13.2 Å². The molecule has 1 rings (SSSR count). The number of likely N-dealkylation sites (tertiary alicyclic amines) is 1. The van der Waals surface area contributed by atoms with Crippen LogP contribution >= 0.6 is 0 Å². The van der Waals surface area contributed by atoms with Gasteiger partial charge in [0.25, 0.3) is 0 Å². The molecule has 1 saturated heterocycles. The first-order valence-electron chi connectivity index (χ1n) is 5.53. The van der Waals surface area contributed by atoms with E-state index in [1.807, 2.05) is 4.90 Å². The number of alkyl halides is 3. The van der Waals surface area contributed by atoms with Gasteiger partial charge in [-0.1, -0.05) is 0 Å². The van der Waals surface area contributed by atoms with Crippen molar-refractivity contribution in [2.45, 2.75) is 38.0 Å². The van der Waals surface area contributed by atoms with E-state index in [9.17, 15) is 13.2 Å². The smallest absolute Gasteiger partial charge is 0.391 e. The van der Waals surface area contributed by atoms with Gasteiger partial charge in [-0.15, -0.1) is 0 Å². The van der Waals surface area contributed by atoms with Crippen LogP contribution in [0.25, 0.3) is 0 Å². The minimum atomic E-state index is -4.09. The van der Waals surface area contributed by atoms with Crippen molar-refractivity contribution in [3.8, 4) is 0 Å². The summed E-state index contributed by atoms with van der Waals surface area (Å²) < 4.78 is 37.3. The van der Waals surface area contributed by atoms with Gasteiger partial charge in [0, 0.05) is 12.1 Å². The molecule has 16 heavy (non-hydrogen) atoms. The average Bonchev–Trinajstić information content (AvgIpc) is 2.17. The Morgan fingerprint density at radius 1 is 1.38 bits per heavy atom. The Morgan fingerprint density at radius 3 is 2.19 bits per heavy atom. The van der Waals surface area contributed by atoms with Crippen LogP contribution in [0.4, 0.5) is 13.2 Å². The topological polar surface area (TPSA) is 49.5 Å². The fraction of sp³-hybridized carbons (Fsp3) is 1.00. The standard InChI is InChI=1S/C10H19F3N2O/c1-7(14)9(6-16)15-4-2-8(3-5-15)10(11,12)13/h7-9,16H,2-6,14H2,1H3. The van der Waals surface area contributed by atoms with E-state index in [0.717, 1.165) is 0 Å². The third-order valence-electron chi connectivity index (χ3n) is 3.26. The van der Waals surface area contributed by atoms with Gasteiger partial charge in [0.2, 0.25) is 0 Å². The molecule has 6 heteroatoms. The number of nitrogens with zero attached hydrogens (tertiary/aromatic N) is 1. The zero-order valence-corrected chi connectivity index (χ0v) is 9.37. The second-order valence-electron chi connectivity index (χ2n) is 4.46. The second-order valence-corrected chi connectivity index (χ2v) is 4.46. The van der Waals surface area contributed by atoms with E-state index >= 15 is 0 Å². The highest BCUT2D eigenvalue weighted by Crippen LogP contribution is 2.34. The van der Waals surface area contributed by atoms with Crippen LogP contribution in [0.5, 0.6) is 0 Å². The monoisotopic (exact) mass is 240 g/mol. The number of aliphatic hydroxyl groups excluding tert-OH is 1. The quantitative estimate of drug-likeness (QED) is 0.772. The summed E-state index contributed by atoms with van der Waals surface area (Å²) >= 11 is 0. The summed E-state index contributed by atoms with van der Waals surface area (Å²) in [6.45, 7) is 2.37. The summed E-state index contributed by atoms with van der Waals surface area (Å²) in [7, 11) is 0. The minimum absolute atomic E-state index is 0.103. The summed E-state index contributed by atoms with van der Waals surface area (Å²) in [4.78, 5) is 1.85. The van der Waals surface area contributed by atoms with Crippen LogP contribution in [0.3, 0.4) is 0 Å². The van der Waals surface area contributed by atoms with Gasteiger partial charge >= 0.3 is 6.18 Å². The Balaban J connectivity index is 2.48. The molecule has 0 saturated carbocycles. The maximum atomic E-state index is 12.4. The maximum Gasteiger partial charge on any atom is 0.391 e. The van der Waals surface area contributed by atoms with E-state index in [1.165, 1.54) is 0 Å². The zero-order chi connectivity index (χ0) is 12.3. The van der Waals surface area contributed by atoms with E-state index in [1.54, 1.807) is 6.92 Å². The van der Waals surface area contributed by atoms with Gasteiger partial charge in [-0.3, -0.25) is 4.90 Å². The number of hydrogen-bond acceptors (Lipinski definition) is 3. The molecule has 0 aromatic rings. The molecule has 3 nitrogen and oxygen atoms in total. The van der Waals surface area contributed by atoms with Gasteiger partial charge < -0.3 is 10.8 Å². The number of hydrogen-bond donors (Lipinski definition) is 2. The van der Waals surface area contributed by atoms with Crippen molar-refractivity contribution in [2.24, 2.45) is 11.7 Å². The highest BCUT2D eigenvalue weighted by Gasteiger charge is 2.42. The highest BCUT2D eigenvalue weighted by atomic mass is 19.4. The summed E-state index contributed by atoms with van der Waals surface area (Å²) in [5.41, 5.74) is 5.67.